The van der Waals surface area contributed by atoms with Crippen molar-refractivity contribution in [2.24, 2.45) is 5.73 Å². The van der Waals surface area contributed by atoms with E-state index in [2.05, 4.69) is 10.6 Å². The molecule has 1 aliphatic heterocycles. The van der Waals surface area contributed by atoms with Crippen LogP contribution in [0.15, 0.2) is 18.2 Å². The first-order valence-electron chi connectivity index (χ1n) is 4.76. The fraction of sp³-hybridized carbons (Fsp3) is 0.300. The van der Waals surface area contributed by atoms with Crippen molar-refractivity contribution in [1.29, 1.82) is 0 Å². The lowest BCUT2D eigenvalue weighted by molar-refractivity contribution is -0.117. The molecule has 0 radical (unpaired) electrons. The summed E-state index contributed by atoms with van der Waals surface area (Å²) < 4.78 is 12.9. The number of hydrogen-bond donors (Lipinski definition) is 3. The number of benzene rings is 1. The molecule has 0 saturated carbocycles. The molecular formula is C10H12FN3O. The number of hydrogen-bond acceptors (Lipinski definition) is 3. The summed E-state index contributed by atoms with van der Waals surface area (Å²) in [5.74, 6) is -0.516. The number of nitrogens with one attached hydrogen (secondary N) is 2. The molecule has 0 spiro atoms. The molecule has 0 aromatic heterocycles. The van der Waals surface area contributed by atoms with E-state index in [1.54, 1.807) is 6.07 Å². The molecule has 1 unspecified atom stereocenters. The van der Waals surface area contributed by atoms with E-state index in [0.29, 0.717) is 18.8 Å². The minimum Gasteiger partial charge on any atom is -0.329 e. The van der Waals surface area contributed by atoms with Gasteiger partial charge >= 0.3 is 0 Å². The summed E-state index contributed by atoms with van der Waals surface area (Å²) >= 11 is 0. The Kier molecular flexibility index (Phi) is 2.66. The van der Waals surface area contributed by atoms with Gasteiger partial charge < -0.3 is 16.4 Å². The number of fused-ring (bicyclic) bond motifs is 1. The minimum absolute atomic E-state index is 0.163. The monoisotopic (exact) mass is 209 g/mol. The van der Waals surface area contributed by atoms with E-state index in [0.717, 1.165) is 5.56 Å². The number of amides is 1. The van der Waals surface area contributed by atoms with Crippen LogP contribution in [0.2, 0.25) is 0 Å². The predicted molar refractivity (Wildman–Crippen MR) is 54.8 cm³/mol. The second-order valence-electron chi connectivity index (χ2n) is 3.40. The minimum atomic E-state index is -0.413. The third-order valence-corrected chi connectivity index (χ3v) is 2.34. The van der Waals surface area contributed by atoms with Gasteiger partial charge in [0.05, 0.1) is 0 Å². The Labute approximate surface area is 86.7 Å². The van der Waals surface area contributed by atoms with E-state index in [4.69, 9.17) is 5.73 Å². The summed E-state index contributed by atoms with van der Waals surface area (Å²) in [5, 5.41) is 5.61. The van der Waals surface area contributed by atoms with E-state index in [1.807, 2.05) is 0 Å². The summed E-state index contributed by atoms with van der Waals surface area (Å²) in [6.07, 6.45) is 0. The number of carbonyl (C=O) groups excluding carboxylic acids is 1. The summed E-state index contributed by atoms with van der Waals surface area (Å²) in [7, 11) is 0. The van der Waals surface area contributed by atoms with E-state index in [9.17, 15) is 9.18 Å². The van der Waals surface area contributed by atoms with Gasteiger partial charge in [0.15, 0.2) is 0 Å². The van der Waals surface area contributed by atoms with Gasteiger partial charge in [0, 0.05) is 24.3 Å². The molecule has 0 aliphatic carbocycles. The Hall–Kier alpha value is -1.46. The molecule has 5 heteroatoms. The third kappa shape index (κ3) is 1.84. The van der Waals surface area contributed by atoms with Gasteiger partial charge in [-0.25, -0.2) is 4.39 Å². The molecule has 0 saturated heterocycles. The van der Waals surface area contributed by atoms with Crippen molar-refractivity contribution in [3.8, 4) is 0 Å². The maximum Gasteiger partial charge on any atom is 0.246 e. The number of anilines is 1. The summed E-state index contributed by atoms with van der Waals surface area (Å²) in [5.41, 5.74) is 6.65. The largest absolute Gasteiger partial charge is 0.329 e. The SMILES string of the molecule is NCCNC1C(=O)Nc2cc(F)ccc21. The molecular weight excluding hydrogens is 197 g/mol. The molecule has 4 nitrogen and oxygen atoms in total. The van der Waals surface area contributed by atoms with Gasteiger partial charge in [-0.3, -0.25) is 4.79 Å². The lowest BCUT2D eigenvalue weighted by Gasteiger charge is -2.09. The fourth-order valence-electron chi connectivity index (χ4n) is 1.66. The Morgan fingerprint density at radius 3 is 3.07 bits per heavy atom. The fourth-order valence-corrected chi connectivity index (χ4v) is 1.66. The summed E-state index contributed by atoms with van der Waals surface area (Å²) in [6, 6.07) is 3.86. The first-order chi connectivity index (χ1) is 7.22. The molecule has 1 aromatic carbocycles. The normalized spacial score (nSPS) is 18.8. The van der Waals surface area contributed by atoms with Crippen LogP contribution in [-0.4, -0.2) is 19.0 Å². The molecule has 1 atom stereocenters. The van der Waals surface area contributed by atoms with Gasteiger partial charge in [0.2, 0.25) is 5.91 Å². The van der Waals surface area contributed by atoms with Crippen LogP contribution in [0.25, 0.3) is 0 Å². The predicted octanol–water partition coefficient (Wildman–Crippen LogP) is 0.367. The topological polar surface area (TPSA) is 67.1 Å². The second kappa shape index (κ2) is 3.96. The highest BCUT2D eigenvalue weighted by molar-refractivity contribution is 6.02. The molecule has 0 bridgehead atoms. The number of carbonyl (C=O) groups is 1. The van der Waals surface area contributed by atoms with Gasteiger partial charge in [-0.15, -0.1) is 0 Å². The first-order valence-corrected chi connectivity index (χ1v) is 4.76. The molecule has 1 amide bonds. The lowest BCUT2D eigenvalue weighted by atomic mass is 10.1. The standard InChI is InChI=1S/C10H12FN3O/c11-6-1-2-7-8(5-6)14-10(15)9(7)13-4-3-12/h1-2,5,9,13H,3-4,12H2,(H,14,15). The van der Waals surface area contributed by atoms with E-state index in [-0.39, 0.29) is 11.7 Å². The first kappa shape index (κ1) is 10.1. The van der Waals surface area contributed by atoms with E-state index >= 15 is 0 Å². The zero-order valence-electron chi connectivity index (χ0n) is 8.09. The zero-order valence-corrected chi connectivity index (χ0v) is 8.09. The molecule has 1 aromatic rings. The van der Waals surface area contributed by atoms with Crippen molar-refractivity contribution < 1.29 is 9.18 Å². The highest BCUT2D eigenvalue weighted by Gasteiger charge is 2.29. The Balaban J connectivity index is 2.25. The van der Waals surface area contributed by atoms with Crippen LogP contribution < -0.4 is 16.4 Å². The number of rotatable bonds is 3. The third-order valence-electron chi connectivity index (χ3n) is 2.34. The van der Waals surface area contributed by atoms with Gasteiger partial charge in [-0.2, -0.15) is 0 Å². The van der Waals surface area contributed by atoms with Crippen LogP contribution in [-0.2, 0) is 4.79 Å². The van der Waals surface area contributed by atoms with Crippen molar-refractivity contribution in [1.82, 2.24) is 5.32 Å². The average Bonchev–Trinajstić information content (AvgIpc) is 2.50. The van der Waals surface area contributed by atoms with Crippen LogP contribution in [0, 0.1) is 5.82 Å². The number of halogens is 1. The summed E-state index contributed by atoms with van der Waals surface area (Å²) in [4.78, 5) is 11.5. The molecule has 0 fully saturated rings. The smallest absolute Gasteiger partial charge is 0.246 e. The molecule has 2 rings (SSSR count). The Morgan fingerprint density at radius 1 is 1.53 bits per heavy atom. The highest BCUT2D eigenvalue weighted by Crippen LogP contribution is 2.30. The lowest BCUT2D eigenvalue weighted by Crippen LogP contribution is -2.31. The van der Waals surface area contributed by atoms with Gasteiger partial charge in [-0.1, -0.05) is 6.07 Å². The molecule has 80 valence electrons. The van der Waals surface area contributed by atoms with Crippen LogP contribution in [0.3, 0.4) is 0 Å². The van der Waals surface area contributed by atoms with Crippen molar-refractivity contribution in [3.05, 3.63) is 29.6 Å². The van der Waals surface area contributed by atoms with Gasteiger partial charge in [-0.05, 0) is 12.1 Å². The maximum absolute atomic E-state index is 12.9. The average molecular weight is 209 g/mol. The zero-order chi connectivity index (χ0) is 10.8. The Bertz CT molecular complexity index is 394. The highest BCUT2D eigenvalue weighted by atomic mass is 19.1. The number of nitrogens with two attached hydrogens (primary N) is 1. The quantitative estimate of drug-likeness (QED) is 0.673. The molecule has 15 heavy (non-hydrogen) atoms. The maximum atomic E-state index is 12.9. The molecule has 1 aliphatic rings. The van der Waals surface area contributed by atoms with Crippen molar-refractivity contribution in [2.45, 2.75) is 6.04 Å². The van der Waals surface area contributed by atoms with Gasteiger partial charge in [0.25, 0.3) is 0 Å². The van der Waals surface area contributed by atoms with Crippen LogP contribution in [0.5, 0.6) is 0 Å². The van der Waals surface area contributed by atoms with Crippen molar-refractivity contribution in [3.63, 3.8) is 0 Å². The van der Waals surface area contributed by atoms with Crippen LogP contribution >= 0.6 is 0 Å². The van der Waals surface area contributed by atoms with E-state index in [1.165, 1.54) is 12.1 Å². The molecule has 4 N–H and O–H groups in total. The van der Waals surface area contributed by atoms with Gasteiger partial charge in [0.1, 0.15) is 11.9 Å². The Morgan fingerprint density at radius 2 is 2.33 bits per heavy atom. The van der Waals surface area contributed by atoms with Crippen molar-refractivity contribution >= 4 is 11.6 Å². The van der Waals surface area contributed by atoms with Crippen LogP contribution in [0.4, 0.5) is 10.1 Å². The summed E-state index contributed by atoms with van der Waals surface area (Å²) in [6.45, 7) is 1.01. The van der Waals surface area contributed by atoms with Crippen LogP contribution in [0.1, 0.15) is 11.6 Å². The second-order valence-corrected chi connectivity index (χ2v) is 3.40. The molecule has 1 heterocycles. The van der Waals surface area contributed by atoms with E-state index < -0.39 is 6.04 Å². The van der Waals surface area contributed by atoms with Crippen molar-refractivity contribution in [2.75, 3.05) is 18.4 Å².